The molecule has 1 fully saturated rings. The summed E-state index contributed by atoms with van der Waals surface area (Å²) in [7, 11) is 0. The maximum Gasteiger partial charge on any atom is 0.414 e. The topological polar surface area (TPSA) is 55.6 Å². The van der Waals surface area contributed by atoms with E-state index in [4.69, 9.17) is 10.5 Å². The molecule has 0 radical (unpaired) electrons. The van der Waals surface area contributed by atoms with Gasteiger partial charge in [0.25, 0.3) is 0 Å². The molecule has 1 amide bonds. The number of rotatable bonds is 2. The minimum atomic E-state index is -0.489. The van der Waals surface area contributed by atoms with Gasteiger partial charge < -0.3 is 10.5 Å². The van der Waals surface area contributed by atoms with Crippen molar-refractivity contribution in [3.63, 3.8) is 0 Å². The molecule has 1 saturated heterocycles. The smallest absolute Gasteiger partial charge is 0.414 e. The zero-order chi connectivity index (χ0) is 11.7. The van der Waals surface area contributed by atoms with Gasteiger partial charge in [-0.2, -0.15) is 0 Å². The molecular formula is C10H10BrFN2O2. The van der Waals surface area contributed by atoms with Gasteiger partial charge in [0, 0.05) is 6.54 Å². The van der Waals surface area contributed by atoms with Gasteiger partial charge in [-0.3, -0.25) is 4.90 Å². The van der Waals surface area contributed by atoms with Crippen LogP contribution in [0.1, 0.15) is 0 Å². The molecule has 1 aliphatic rings. The molecule has 16 heavy (non-hydrogen) atoms. The molecule has 0 aliphatic carbocycles. The largest absolute Gasteiger partial charge is 0.443 e. The van der Waals surface area contributed by atoms with Crippen LogP contribution >= 0.6 is 15.9 Å². The third-order valence-electron chi connectivity index (χ3n) is 2.35. The lowest BCUT2D eigenvalue weighted by molar-refractivity contribution is 0.145. The van der Waals surface area contributed by atoms with Crippen LogP contribution in [0.4, 0.5) is 14.9 Å². The van der Waals surface area contributed by atoms with Crippen LogP contribution in [0.5, 0.6) is 0 Å². The number of nitrogens with two attached hydrogens (primary N) is 1. The zero-order valence-electron chi connectivity index (χ0n) is 8.32. The first-order chi connectivity index (χ1) is 7.61. The Morgan fingerprint density at radius 2 is 2.38 bits per heavy atom. The van der Waals surface area contributed by atoms with Crippen molar-refractivity contribution in [2.45, 2.75) is 6.10 Å². The fraction of sp³-hybridized carbons (Fsp3) is 0.300. The molecular weight excluding hydrogens is 279 g/mol. The fourth-order valence-electron chi connectivity index (χ4n) is 1.51. The Morgan fingerprint density at radius 3 is 2.94 bits per heavy atom. The van der Waals surface area contributed by atoms with E-state index < -0.39 is 11.9 Å². The van der Waals surface area contributed by atoms with E-state index in [-0.39, 0.29) is 12.6 Å². The second kappa shape index (κ2) is 4.39. The second-order valence-electron chi connectivity index (χ2n) is 3.45. The summed E-state index contributed by atoms with van der Waals surface area (Å²) in [5, 5.41) is 0. The van der Waals surface area contributed by atoms with Crippen LogP contribution in [-0.2, 0) is 4.74 Å². The van der Waals surface area contributed by atoms with Crippen LogP contribution in [0.2, 0.25) is 0 Å². The van der Waals surface area contributed by atoms with Gasteiger partial charge in [-0.1, -0.05) is 0 Å². The van der Waals surface area contributed by atoms with Crippen LogP contribution in [0, 0.1) is 5.82 Å². The van der Waals surface area contributed by atoms with E-state index in [9.17, 15) is 9.18 Å². The van der Waals surface area contributed by atoms with E-state index in [1.54, 1.807) is 12.1 Å². The lowest BCUT2D eigenvalue weighted by Crippen LogP contribution is -2.27. The minimum absolute atomic E-state index is 0.265. The molecule has 0 spiro atoms. The number of amides is 1. The van der Waals surface area contributed by atoms with Gasteiger partial charge in [0.1, 0.15) is 11.9 Å². The number of hydrogen-bond acceptors (Lipinski definition) is 3. The van der Waals surface area contributed by atoms with Crippen LogP contribution < -0.4 is 10.6 Å². The number of ether oxygens (including phenoxy) is 1. The number of cyclic esters (lactones) is 1. The van der Waals surface area contributed by atoms with Crippen molar-refractivity contribution in [1.82, 2.24) is 0 Å². The fourth-order valence-corrected chi connectivity index (χ4v) is 1.75. The normalized spacial score (nSPS) is 20.1. The van der Waals surface area contributed by atoms with E-state index >= 15 is 0 Å². The van der Waals surface area contributed by atoms with Gasteiger partial charge in [-0.25, -0.2) is 9.18 Å². The molecule has 4 nitrogen and oxygen atoms in total. The van der Waals surface area contributed by atoms with Crippen molar-refractivity contribution in [2.75, 3.05) is 18.0 Å². The highest BCUT2D eigenvalue weighted by Gasteiger charge is 2.31. The predicted molar refractivity (Wildman–Crippen MR) is 60.8 cm³/mol. The lowest BCUT2D eigenvalue weighted by atomic mass is 10.2. The van der Waals surface area contributed by atoms with E-state index in [0.717, 1.165) is 0 Å². The molecule has 0 aromatic heterocycles. The molecule has 2 N–H and O–H groups in total. The third kappa shape index (κ3) is 2.03. The SMILES string of the molecule is NCC1CN(c2ccc(Br)c(F)c2)C(=O)O1. The summed E-state index contributed by atoms with van der Waals surface area (Å²) in [6.07, 6.45) is -0.809. The standard InChI is InChI=1S/C10H10BrFN2O2/c11-8-2-1-6(3-9(8)12)14-5-7(4-13)16-10(14)15/h1-3,7H,4-5,13H2. The number of carbonyl (C=O) groups excluding carboxylic acids is 1. The molecule has 0 saturated carbocycles. The quantitative estimate of drug-likeness (QED) is 0.904. The van der Waals surface area contributed by atoms with Crippen molar-refractivity contribution in [3.8, 4) is 0 Å². The van der Waals surface area contributed by atoms with Crippen LogP contribution in [0.3, 0.4) is 0 Å². The highest BCUT2D eigenvalue weighted by atomic mass is 79.9. The summed E-state index contributed by atoms with van der Waals surface area (Å²) >= 11 is 3.05. The maximum absolute atomic E-state index is 13.3. The Hall–Kier alpha value is -1.14. The van der Waals surface area contributed by atoms with Crippen molar-refractivity contribution >= 4 is 27.7 Å². The van der Waals surface area contributed by atoms with Gasteiger partial charge >= 0.3 is 6.09 Å². The highest BCUT2D eigenvalue weighted by molar-refractivity contribution is 9.10. The Balaban J connectivity index is 2.24. The number of benzene rings is 1. The Labute approximate surface area is 100 Å². The first-order valence-corrected chi connectivity index (χ1v) is 5.54. The van der Waals surface area contributed by atoms with Gasteiger partial charge in [0.15, 0.2) is 0 Å². The average Bonchev–Trinajstić information content (AvgIpc) is 2.64. The van der Waals surface area contributed by atoms with E-state index in [0.29, 0.717) is 16.7 Å². The minimum Gasteiger partial charge on any atom is -0.443 e. The van der Waals surface area contributed by atoms with E-state index in [1.807, 2.05) is 0 Å². The molecule has 1 atom stereocenters. The van der Waals surface area contributed by atoms with Crippen LogP contribution in [-0.4, -0.2) is 25.3 Å². The lowest BCUT2D eigenvalue weighted by Gasteiger charge is -2.12. The Kier molecular flexibility index (Phi) is 3.11. The average molecular weight is 289 g/mol. The molecule has 1 aromatic carbocycles. The maximum atomic E-state index is 13.3. The summed E-state index contributed by atoms with van der Waals surface area (Å²) in [5.74, 6) is -0.415. The third-order valence-corrected chi connectivity index (χ3v) is 2.99. The molecule has 1 aromatic rings. The van der Waals surface area contributed by atoms with Gasteiger partial charge in [-0.15, -0.1) is 0 Å². The van der Waals surface area contributed by atoms with Crippen molar-refractivity contribution < 1.29 is 13.9 Å². The van der Waals surface area contributed by atoms with Gasteiger partial charge in [0.05, 0.1) is 16.7 Å². The van der Waals surface area contributed by atoms with Crippen molar-refractivity contribution in [1.29, 1.82) is 0 Å². The van der Waals surface area contributed by atoms with Gasteiger partial charge in [-0.05, 0) is 34.1 Å². The summed E-state index contributed by atoms with van der Waals surface area (Å²) < 4.78 is 18.6. The Morgan fingerprint density at radius 1 is 1.62 bits per heavy atom. The van der Waals surface area contributed by atoms with Crippen molar-refractivity contribution in [2.24, 2.45) is 5.73 Å². The molecule has 1 aliphatic heterocycles. The number of anilines is 1. The molecule has 6 heteroatoms. The summed E-state index contributed by atoms with van der Waals surface area (Å²) in [5.41, 5.74) is 5.88. The highest BCUT2D eigenvalue weighted by Crippen LogP contribution is 2.25. The van der Waals surface area contributed by atoms with Crippen LogP contribution in [0.25, 0.3) is 0 Å². The van der Waals surface area contributed by atoms with E-state index in [2.05, 4.69) is 15.9 Å². The summed E-state index contributed by atoms with van der Waals surface area (Å²) in [6, 6.07) is 4.48. The van der Waals surface area contributed by atoms with Crippen molar-refractivity contribution in [3.05, 3.63) is 28.5 Å². The number of nitrogens with zero attached hydrogens (tertiary/aromatic N) is 1. The number of halogens is 2. The molecule has 2 rings (SSSR count). The predicted octanol–water partition coefficient (Wildman–Crippen LogP) is 1.87. The summed E-state index contributed by atoms with van der Waals surface area (Å²) in [4.78, 5) is 12.8. The zero-order valence-corrected chi connectivity index (χ0v) is 9.91. The Bertz CT molecular complexity index is 427. The molecule has 0 bridgehead atoms. The monoisotopic (exact) mass is 288 g/mol. The molecule has 1 heterocycles. The second-order valence-corrected chi connectivity index (χ2v) is 4.30. The first kappa shape index (κ1) is 11.3. The summed E-state index contributed by atoms with van der Waals surface area (Å²) in [6.45, 7) is 0.623. The number of carbonyl (C=O) groups is 1. The molecule has 86 valence electrons. The first-order valence-electron chi connectivity index (χ1n) is 4.75. The van der Waals surface area contributed by atoms with E-state index in [1.165, 1.54) is 11.0 Å². The van der Waals surface area contributed by atoms with Crippen LogP contribution in [0.15, 0.2) is 22.7 Å². The molecule has 1 unspecified atom stereocenters. The number of hydrogen-bond donors (Lipinski definition) is 1. The van der Waals surface area contributed by atoms with Gasteiger partial charge in [0.2, 0.25) is 0 Å².